The monoisotopic (exact) mass is 162 g/mol. The van der Waals surface area contributed by atoms with Crippen molar-refractivity contribution < 1.29 is 0 Å². The van der Waals surface area contributed by atoms with Gasteiger partial charge in [0.25, 0.3) is 0 Å². The van der Waals surface area contributed by atoms with Crippen LogP contribution in [0.15, 0.2) is 48.1 Å². The van der Waals surface area contributed by atoms with Crippen molar-refractivity contribution in [3.63, 3.8) is 0 Å². The lowest BCUT2D eigenvalue weighted by molar-refractivity contribution is 1.12. The first-order valence-corrected chi connectivity index (χ1v) is 4.30. The molecule has 0 aromatic carbocycles. The summed E-state index contributed by atoms with van der Waals surface area (Å²) in [6.07, 6.45) is 7.07. The fourth-order valence-corrected chi connectivity index (χ4v) is 0.945. The molecule has 0 aromatic heterocycles. The summed E-state index contributed by atoms with van der Waals surface area (Å²) in [7, 11) is 0. The van der Waals surface area contributed by atoms with Crippen molar-refractivity contribution in [3.8, 4) is 0 Å². The van der Waals surface area contributed by atoms with Gasteiger partial charge in [-0.25, -0.2) is 0 Å². The summed E-state index contributed by atoms with van der Waals surface area (Å²) in [5, 5.41) is 0. The Balaban J connectivity index is 4.66. The minimum absolute atomic E-state index is 0.982. The Morgan fingerprint density at radius 3 is 2.25 bits per heavy atom. The van der Waals surface area contributed by atoms with Crippen LogP contribution in [0.3, 0.4) is 0 Å². The van der Waals surface area contributed by atoms with Gasteiger partial charge in [0, 0.05) is 0 Å². The van der Waals surface area contributed by atoms with Gasteiger partial charge in [0.2, 0.25) is 0 Å². The van der Waals surface area contributed by atoms with Crippen molar-refractivity contribution in [2.75, 3.05) is 0 Å². The molecule has 0 radical (unpaired) electrons. The molecule has 0 amide bonds. The molecule has 0 atom stereocenters. The molecule has 0 heteroatoms. The maximum absolute atomic E-state index is 3.98. The van der Waals surface area contributed by atoms with E-state index in [9.17, 15) is 0 Å². The Bertz CT molecular complexity index is 226. The summed E-state index contributed by atoms with van der Waals surface area (Å²) < 4.78 is 0. The van der Waals surface area contributed by atoms with Crippen LogP contribution in [0.4, 0.5) is 0 Å². The molecule has 0 unspecified atom stereocenters. The van der Waals surface area contributed by atoms with Gasteiger partial charge in [0.15, 0.2) is 0 Å². The Kier molecular flexibility index (Phi) is 5.11. The van der Waals surface area contributed by atoms with Crippen LogP contribution < -0.4 is 0 Å². The average molecular weight is 162 g/mol. The van der Waals surface area contributed by atoms with E-state index in [-0.39, 0.29) is 0 Å². The third-order valence-corrected chi connectivity index (χ3v) is 1.72. The Labute approximate surface area is 76.0 Å². The molecule has 0 aliphatic rings. The first-order chi connectivity index (χ1) is 5.63. The van der Waals surface area contributed by atoms with Crippen molar-refractivity contribution >= 4 is 0 Å². The van der Waals surface area contributed by atoms with E-state index in [2.05, 4.69) is 26.2 Å². The van der Waals surface area contributed by atoms with Gasteiger partial charge in [0.1, 0.15) is 0 Å². The largest absolute Gasteiger partial charge is 0.0955 e. The summed E-state index contributed by atoms with van der Waals surface area (Å²) in [4.78, 5) is 0. The van der Waals surface area contributed by atoms with Gasteiger partial charge in [-0.05, 0) is 31.4 Å². The lowest BCUT2D eigenvalue weighted by Crippen LogP contribution is -1.87. The minimum Gasteiger partial charge on any atom is -0.0955 e. The minimum atomic E-state index is 0.982. The quantitative estimate of drug-likeness (QED) is 0.547. The number of hydrogen-bond acceptors (Lipinski definition) is 0. The highest BCUT2D eigenvalue weighted by molar-refractivity contribution is 5.44. The molecule has 0 bridgehead atoms. The second kappa shape index (κ2) is 5.59. The Morgan fingerprint density at radius 1 is 1.33 bits per heavy atom. The highest BCUT2D eigenvalue weighted by atomic mass is 14.0. The second-order valence-corrected chi connectivity index (χ2v) is 2.84. The summed E-state index contributed by atoms with van der Waals surface area (Å²) in [5.41, 5.74) is 3.41. The molecule has 0 N–H and O–H groups in total. The molecule has 0 aliphatic carbocycles. The van der Waals surface area contributed by atoms with E-state index in [1.807, 2.05) is 26.0 Å². The second-order valence-electron chi connectivity index (χ2n) is 2.84. The maximum Gasteiger partial charge on any atom is -0.0207 e. The SMILES string of the molecule is C=C(C)/C(=C\C=C/C)C(=C)CC. The lowest BCUT2D eigenvalue weighted by atomic mass is 9.99. The molecule has 0 saturated carbocycles. The smallest absolute Gasteiger partial charge is 0.0207 e. The van der Waals surface area contributed by atoms with E-state index in [0.29, 0.717) is 0 Å². The van der Waals surface area contributed by atoms with Gasteiger partial charge in [-0.1, -0.05) is 43.9 Å². The van der Waals surface area contributed by atoms with Crippen LogP contribution in [0.1, 0.15) is 27.2 Å². The highest BCUT2D eigenvalue weighted by Crippen LogP contribution is 2.18. The molecule has 12 heavy (non-hydrogen) atoms. The van der Waals surface area contributed by atoms with Crippen molar-refractivity contribution in [1.82, 2.24) is 0 Å². The van der Waals surface area contributed by atoms with Crippen LogP contribution in [0, 0.1) is 0 Å². The van der Waals surface area contributed by atoms with E-state index < -0.39 is 0 Å². The zero-order chi connectivity index (χ0) is 9.56. The van der Waals surface area contributed by atoms with Gasteiger partial charge in [0.05, 0.1) is 0 Å². The zero-order valence-electron chi connectivity index (χ0n) is 8.35. The van der Waals surface area contributed by atoms with E-state index >= 15 is 0 Å². The van der Waals surface area contributed by atoms with Crippen LogP contribution in [-0.4, -0.2) is 0 Å². The van der Waals surface area contributed by atoms with Crippen molar-refractivity contribution in [3.05, 3.63) is 48.1 Å². The zero-order valence-corrected chi connectivity index (χ0v) is 8.35. The standard InChI is InChI=1S/C12H18/c1-6-8-9-12(10(3)4)11(5)7-2/h6,8-9H,3,5,7H2,1-2,4H3/b8-6-,12-9+. The van der Waals surface area contributed by atoms with E-state index in [1.54, 1.807) is 0 Å². The average Bonchev–Trinajstić information content (AvgIpc) is 2.04. The topological polar surface area (TPSA) is 0 Å². The molecule has 0 saturated heterocycles. The highest BCUT2D eigenvalue weighted by Gasteiger charge is 1.99. The molecule has 66 valence electrons. The summed E-state index contributed by atoms with van der Waals surface area (Å²) in [5.74, 6) is 0. The molecular formula is C12H18. The third-order valence-electron chi connectivity index (χ3n) is 1.72. The summed E-state index contributed by atoms with van der Waals surface area (Å²) >= 11 is 0. The van der Waals surface area contributed by atoms with Crippen LogP contribution in [-0.2, 0) is 0 Å². The number of hydrogen-bond donors (Lipinski definition) is 0. The molecule has 0 aliphatic heterocycles. The number of rotatable bonds is 4. The van der Waals surface area contributed by atoms with Crippen LogP contribution in [0.25, 0.3) is 0 Å². The first kappa shape index (κ1) is 11.0. The van der Waals surface area contributed by atoms with Crippen LogP contribution >= 0.6 is 0 Å². The molecular weight excluding hydrogens is 144 g/mol. The van der Waals surface area contributed by atoms with Crippen molar-refractivity contribution in [1.29, 1.82) is 0 Å². The lowest BCUT2D eigenvalue weighted by Gasteiger charge is -2.06. The van der Waals surface area contributed by atoms with Crippen LogP contribution in [0.5, 0.6) is 0 Å². The molecule has 0 heterocycles. The fraction of sp³-hybridized carbons (Fsp3) is 0.333. The molecule has 0 spiro atoms. The maximum atomic E-state index is 3.98. The Hall–Kier alpha value is -1.04. The first-order valence-electron chi connectivity index (χ1n) is 4.30. The van der Waals surface area contributed by atoms with Crippen LogP contribution in [0.2, 0.25) is 0 Å². The third kappa shape index (κ3) is 3.38. The van der Waals surface area contributed by atoms with E-state index in [1.165, 1.54) is 5.57 Å². The van der Waals surface area contributed by atoms with E-state index in [4.69, 9.17) is 0 Å². The molecule has 0 rings (SSSR count). The molecule has 0 aromatic rings. The van der Waals surface area contributed by atoms with Crippen molar-refractivity contribution in [2.45, 2.75) is 27.2 Å². The molecule has 0 fully saturated rings. The normalized spacial score (nSPS) is 12.1. The predicted octanol–water partition coefficient (Wildman–Crippen LogP) is 4.03. The number of allylic oxidation sites excluding steroid dienone is 6. The van der Waals surface area contributed by atoms with Gasteiger partial charge in [-0.2, -0.15) is 0 Å². The summed E-state index contributed by atoms with van der Waals surface area (Å²) in [6.45, 7) is 14.0. The van der Waals surface area contributed by atoms with Gasteiger partial charge in [-0.3, -0.25) is 0 Å². The Morgan fingerprint density at radius 2 is 1.92 bits per heavy atom. The van der Waals surface area contributed by atoms with Gasteiger partial charge in [-0.15, -0.1) is 0 Å². The predicted molar refractivity (Wildman–Crippen MR) is 57.1 cm³/mol. The van der Waals surface area contributed by atoms with Gasteiger partial charge >= 0.3 is 0 Å². The van der Waals surface area contributed by atoms with Gasteiger partial charge < -0.3 is 0 Å². The van der Waals surface area contributed by atoms with Crippen molar-refractivity contribution in [2.24, 2.45) is 0 Å². The fourth-order valence-electron chi connectivity index (χ4n) is 0.945. The summed E-state index contributed by atoms with van der Waals surface area (Å²) in [6, 6.07) is 0. The van der Waals surface area contributed by atoms with E-state index in [0.717, 1.165) is 17.6 Å². The molecule has 0 nitrogen and oxygen atoms in total.